The van der Waals surface area contributed by atoms with E-state index in [9.17, 15) is 13.9 Å². The highest BCUT2D eigenvalue weighted by Crippen LogP contribution is 2.31. The van der Waals surface area contributed by atoms with Crippen LogP contribution in [-0.4, -0.2) is 11.5 Å². The van der Waals surface area contributed by atoms with Gasteiger partial charge in [0.2, 0.25) is 0 Å². The van der Waals surface area contributed by atoms with E-state index in [2.05, 4.69) is 0 Å². The standard InChI is InChI=1S/C12H11F2NO/c13-12(14)11(15)9-5-6-10(16)8-4-2-1-3-7(8)9/h1-6,11-12,16H,15H2/t11-/m0/s1. The van der Waals surface area contributed by atoms with Crippen molar-refractivity contribution in [2.45, 2.75) is 12.5 Å². The lowest BCUT2D eigenvalue weighted by molar-refractivity contribution is 0.117. The molecule has 0 spiro atoms. The molecule has 0 aliphatic heterocycles. The number of halogens is 2. The fourth-order valence-electron chi connectivity index (χ4n) is 1.73. The summed E-state index contributed by atoms with van der Waals surface area (Å²) >= 11 is 0. The number of hydrogen-bond acceptors (Lipinski definition) is 2. The Balaban J connectivity index is 2.67. The van der Waals surface area contributed by atoms with Crippen molar-refractivity contribution in [3.8, 4) is 5.75 Å². The van der Waals surface area contributed by atoms with Crippen molar-refractivity contribution in [1.82, 2.24) is 0 Å². The predicted molar refractivity (Wildman–Crippen MR) is 58.5 cm³/mol. The van der Waals surface area contributed by atoms with Gasteiger partial charge in [0.05, 0.1) is 6.04 Å². The van der Waals surface area contributed by atoms with Crippen LogP contribution in [-0.2, 0) is 0 Å². The highest BCUT2D eigenvalue weighted by atomic mass is 19.3. The van der Waals surface area contributed by atoms with Crippen molar-refractivity contribution in [3.05, 3.63) is 42.0 Å². The summed E-state index contributed by atoms with van der Waals surface area (Å²) < 4.78 is 25.1. The van der Waals surface area contributed by atoms with Gasteiger partial charge in [-0.2, -0.15) is 0 Å². The molecule has 0 fully saturated rings. The van der Waals surface area contributed by atoms with Gasteiger partial charge >= 0.3 is 0 Å². The van der Waals surface area contributed by atoms with Gasteiger partial charge in [-0.25, -0.2) is 8.78 Å². The largest absolute Gasteiger partial charge is 0.507 e. The predicted octanol–water partition coefficient (Wildman–Crippen LogP) is 2.81. The Bertz CT molecular complexity index is 513. The Morgan fingerprint density at radius 3 is 2.25 bits per heavy atom. The maximum atomic E-state index is 12.6. The van der Waals surface area contributed by atoms with Gasteiger partial charge in [-0.15, -0.1) is 0 Å². The smallest absolute Gasteiger partial charge is 0.257 e. The number of aromatic hydroxyl groups is 1. The Labute approximate surface area is 91.3 Å². The van der Waals surface area contributed by atoms with Crippen LogP contribution in [0.1, 0.15) is 11.6 Å². The van der Waals surface area contributed by atoms with Crippen LogP contribution in [0, 0.1) is 0 Å². The van der Waals surface area contributed by atoms with E-state index in [1.165, 1.54) is 12.1 Å². The van der Waals surface area contributed by atoms with Crippen LogP contribution < -0.4 is 5.73 Å². The molecule has 0 aliphatic carbocycles. The number of alkyl halides is 2. The van der Waals surface area contributed by atoms with Gasteiger partial charge in [0.15, 0.2) is 0 Å². The first kappa shape index (κ1) is 10.8. The third-order valence-electron chi connectivity index (χ3n) is 2.57. The molecule has 1 atom stereocenters. The summed E-state index contributed by atoms with van der Waals surface area (Å²) in [5, 5.41) is 10.7. The van der Waals surface area contributed by atoms with Crippen molar-refractivity contribution in [2.75, 3.05) is 0 Å². The van der Waals surface area contributed by atoms with E-state index in [1.54, 1.807) is 24.3 Å². The molecule has 4 heteroatoms. The van der Waals surface area contributed by atoms with Gasteiger partial charge in [0.25, 0.3) is 6.43 Å². The third kappa shape index (κ3) is 1.72. The molecule has 0 saturated carbocycles. The number of phenolic OH excluding ortho intramolecular Hbond substituents is 1. The van der Waals surface area contributed by atoms with E-state index >= 15 is 0 Å². The Hall–Kier alpha value is -1.68. The second kappa shape index (κ2) is 4.06. The molecule has 0 heterocycles. The van der Waals surface area contributed by atoms with E-state index in [-0.39, 0.29) is 5.75 Å². The lowest BCUT2D eigenvalue weighted by Gasteiger charge is -2.14. The quantitative estimate of drug-likeness (QED) is 0.822. The molecule has 3 N–H and O–H groups in total. The summed E-state index contributed by atoms with van der Waals surface area (Å²) in [7, 11) is 0. The van der Waals surface area contributed by atoms with E-state index in [0.29, 0.717) is 16.3 Å². The summed E-state index contributed by atoms with van der Waals surface area (Å²) in [6.07, 6.45) is -2.62. The molecule has 0 unspecified atom stereocenters. The van der Waals surface area contributed by atoms with Gasteiger partial charge in [-0.1, -0.05) is 30.3 Å². The highest BCUT2D eigenvalue weighted by molar-refractivity contribution is 5.91. The molecule has 0 radical (unpaired) electrons. The van der Waals surface area contributed by atoms with Crippen molar-refractivity contribution in [3.63, 3.8) is 0 Å². The fraction of sp³-hybridized carbons (Fsp3) is 0.167. The highest BCUT2D eigenvalue weighted by Gasteiger charge is 2.20. The second-order valence-corrected chi connectivity index (χ2v) is 3.58. The van der Waals surface area contributed by atoms with Crippen LogP contribution in [0.15, 0.2) is 36.4 Å². The van der Waals surface area contributed by atoms with Crippen molar-refractivity contribution in [1.29, 1.82) is 0 Å². The summed E-state index contributed by atoms with van der Waals surface area (Å²) in [5.41, 5.74) is 5.77. The van der Waals surface area contributed by atoms with Crippen molar-refractivity contribution in [2.24, 2.45) is 5.73 Å². The van der Waals surface area contributed by atoms with Gasteiger partial charge in [-0.3, -0.25) is 0 Å². The topological polar surface area (TPSA) is 46.2 Å². The molecule has 2 aromatic rings. The SMILES string of the molecule is N[C@@H](c1ccc(O)c2ccccc12)C(F)F. The summed E-state index contributed by atoms with van der Waals surface area (Å²) in [6, 6.07) is 8.31. The van der Waals surface area contributed by atoms with Crippen molar-refractivity contribution >= 4 is 10.8 Å². The van der Waals surface area contributed by atoms with Crippen LogP contribution in [0.5, 0.6) is 5.75 Å². The average Bonchev–Trinajstić information content (AvgIpc) is 2.29. The monoisotopic (exact) mass is 223 g/mol. The molecule has 16 heavy (non-hydrogen) atoms. The molecule has 0 bridgehead atoms. The maximum Gasteiger partial charge on any atom is 0.257 e. The number of benzene rings is 2. The summed E-state index contributed by atoms with van der Waals surface area (Å²) in [4.78, 5) is 0. The van der Waals surface area contributed by atoms with E-state index in [1.807, 2.05) is 0 Å². The first-order valence-corrected chi connectivity index (χ1v) is 4.85. The second-order valence-electron chi connectivity index (χ2n) is 3.58. The first-order valence-electron chi connectivity index (χ1n) is 4.85. The minimum absolute atomic E-state index is 0.0702. The van der Waals surface area contributed by atoms with Crippen LogP contribution >= 0.6 is 0 Å². The Kier molecular flexibility index (Phi) is 2.75. The number of nitrogens with two attached hydrogens (primary N) is 1. The molecule has 84 valence electrons. The molecule has 0 aromatic heterocycles. The van der Waals surface area contributed by atoms with Crippen molar-refractivity contribution < 1.29 is 13.9 Å². The van der Waals surface area contributed by atoms with Crippen LogP contribution in [0.25, 0.3) is 10.8 Å². The lowest BCUT2D eigenvalue weighted by Crippen LogP contribution is -2.19. The maximum absolute atomic E-state index is 12.6. The van der Waals surface area contributed by atoms with Gasteiger partial charge < -0.3 is 10.8 Å². The van der Waals surface area contributed by atoms with Gasteiger partial charge in [0, 0.05) is 5.39 Å². The molecule has 2 rings (SSSR count). The molecular weight excluding hydrogens is 212 g/mol. The van der Waals surface area contributed by atoms with Gasteiger partial charge in [-0.05, 0) is 17.0 Å². The number of phenols is 1. The van der Waals surface area contributed by atoms with Crippen LogP contribution in [0.2, 0.25) is 0 Å². The zero-order valence-electron chi connectivity index (χ0n) is 8.40. The molecule has 0 saturated heterocycles. The molecule has 2 nitrogen and oxygen atoms in total. The lowest BCUT2D eigenvalue weighted by atomic mass is 9.99. The summed E-state index contributed by atoms with van der Waals surface area (Å²) in [5.74, 6) is 0.0702. The average molecular weight is 223 g/mol. The van der Waals surface area contributed by atoms with Crippen LogP contribution in [0.4, 0.5) is 8.78 Å². The van der Waals surface area contributed by atoms with E-state index < -0.39 is 12.5 Å². The van der Waals surface area contributed by atoms with E-state index in [4.69, 9.17) is 5.73 Å². The minimum atomic E-state index is -2.62. The zero-order valence-corrected chi connectivity index (χ0v) is 8.40. The molecule has 0 aliphatic rings. The zero-order chi connectivity index (χ0) is 11.7. The minimum Gasteiger partial charge on any atom is -0.507 e. The number of hydrogen-bond donors (Lipinski definition) is 2. The van der Waals surface area contributed by atoms with E-state index in [0.717, 1.165) is 0 Å². The first-order chi connectivity index (χ1) is 7.61. The van der Waals surface area contributed by atoms with Crippen LogP contribution in [0.3, 0.4) is 0 Å². The van der Waals surface area contributed by atoms with Gasteiger partial charge in [0.1, 0.15) is 5.75 Å². The number of fused-ring (bicyclic) bond motifs is 1. The normalized spacial score (nSPS) is 13.2. The Morgan fingerprint density at radius 2 is 1.62 bits per heavy atom. The molecule has 0 amide bonds. The summed E-state index contributed by atoms with van der Waals surface area (Å²) in [6.45, 7) is 0. The molecular formula is C12H11F2NO. The fourth-order valence-corrected chi connectivity index (χ4v) is 1.73. The number of rotatable bonds is 2. The third-order valence-corrected chi connectivity index (χ3v) is 2.57. The Morgan fingerprint density at radius 1 is 1.00 bits per heavy atom. The molecule has 2 aromatic carbocycles.